The van der Waals surface area contributed by atoms with E-state index in [0.717, 1.165) is 24.5 Å². The monoisotopic (exact) mass is 524 g/mol. The molecule has 1 aromatic carbocycles. The highest BCUT2D eigenvalue weighted by Crippen LogP contribution is 2.34. The third-order valence-electron chi connectivity index (χ3n) is 7.30. The molecule has 5 rings (SSSR count). The third kappa shape index (κ3) is 5.96. The second-order valence-electron chi connectivity index (χ2n) is 10.2. The number of aryl methyl sites for hydroxylation is 1. The summed E-state index contributed by atoms with van der Waals surface area (Å²) in [5.41, 5.74) is 1.72. The predicted molar refractivity (Wildman–Crippen MR) is 137 cm³/mol. The number of amides is 3. The Morgan fingerprint density at radius 1 is 1.21 bits per heavy atom. The molecule has 9 nitrogen and oxygen atoms in total. The van der Waals surface area contributed by atoms with Crippen molar-refractivity contribution < 1.29 is 28.2 Å². The van der Waals surface area contributed by atoms with Gasteiger partial charge < -0.3 is 24.6 Å². The zero-order valence-corrected chi connectivity index (χ0v) is 21.6. The molecule has 10 heteroatoms. The first-order valence-electron chi connectivity index (χ1n) is 13.2. The van der Waals surface area contributed by atoms with Gasteiger partial charge in [0.05, 0.1) is 19.3 Å². The number of fused-ring (bicyclic) bond motifs is 1. The molecule has 38 heavy (non-hydrogen) atoms. The van der Waals surface area contributed by atoms with Gasteiger partial charge in [-0.3, -0.25) is 19.4 Å². The number of hydrogen-bond donors (Lipinski definition) is 1. The molecule has 3 heterocycles. The van der Waals surface area contributed by atoms with Crippen molar-refractivity contribution in [1.82, 2.24) is 15.2 Å². The van der Waals surface area contributed by atoms with Crippen molar-refractivity contribution in [3.8, 4) is 5.75 Å². The van der Waals surface area contributed by atoms with E-state index in [0.29, 0.717) is 37.6 Å². The van der Waals surface area contributed by atoms with Gasteiger partial charge in [0.25, 0.3) is 11.8 Å². The Bertz CT molecular complexity index is 1200. The molecule has 1 saturated carbocycles. The molecule has 2 aliphatic heterocycles. The summed E-state index contributed by atoms with van der Waals surface area (Å²) in [5, 5.41) is 2.65. The SMILES string of the molecule is COCCNC(=O)CN1Cc2c(F)cc(N3CC[C@@H](Oc4ccc(CCCC5CC5)nc4)C3=O)cc2C1=O. The van der Waals surface area contributed by atoms with Gasteiger partial charge in [-0.25, -0.2) is 4.39 Å². The van der Waals surface area contributed by atoms with Gasteiger partial charge in [-0.15, -0.1) is 0 Å². The molecular weight excluding hydrogens is 491 g/mol. The first-order valence-corrected chi connectivity index (χ1v) is 13.2. The van der Waals surface area contributed by atoms with Gasteiger partial charge in [0, 0.05) is 49.1 Å². The van der Waals surface area contributed by atoms with Crippen LogP contribution in [0.4, 0.5) is 10.1 Å². The number of nitrogens with zero attached hydrogens (tertiary/aromatic N) is 3. The van der Waals surface area contributed by atoms with E-state index in [4.69, 9.17) is 9.47 Å². The highest BCUT2D eigenvalue weighted by molar-refractivity contribution is 6.04. The zero-order chi connectivity index (χ0) is 26.6. The van der Waals surface area contributed by atoms with Crippen LogP contribution in [-0.2, 0) is 27.3 Å². The van der Waals surface area contributed by atoms with Crippen LogP contribution in [0.5, 0.6) is 5.75 Å². The lowest BCUT2D eigenvalue weighted by Gasteiger charge is -2.18. The van der Waals surface area contributed by atoms with Gasteiger partial charge in [0.15, 0.2) is 6.10 Å². The molecule has 1 aliphatic carbocycles. The van der Waals surface area contributed by atoms with Crippen molar-refractivity contribution in [1.29, 1.82) is 0 Å². The van der Waals surface area contributed by atoms with Gasteiger partial charge in [0.1, 0.15) is 18.1 Å². The molecule has 0 unspecified atom stereocenters. The summed E-state index contributed by atoms with van der Waals surface area (Å²) in [6.45, 7) is 0.839. The third-order valence-corrected chi connectivity index (χ3v) is 7.30. The van der Waals surface area contributed by atoms with Gasteiger partial charge in [-0.1, -0.05) is 19.3 Å². The summed E-state index contributed by atoms with van der Waals surface area (Å²) in [6, 6.07) is 6.57. The Morgan fingerprint density at radius 2 is 2.05 bits per heavy atom. The summed E-state index contributed by atoms with van der Waals surface area (Å²) in [5.74, 6) is -0.233. The number of hydrogen-bond acceptors (Lipinski definition) is 6. The number of aromatic nitrogens is 1. The lowest BCUT2D eigenvalue weighted by Crippen LogP contribution is -2.38. The van der Waals surface area contributed by atoms with E-state index >= 15 is 4.39 Å². The largest absolute Gasteiger partial charge is 0.479 e. The van der Waals surface area contributed by atoms with E-state index in [-0.39, 0.29) is 36.0 Å². The molecule has 0 radical (unpaired) electrons. The van der Waals surface area contributed by atoms with E-state index in [1.54, 1.807) is 6.20 Å². The maximum atomic E-state index is 15.0. The van der Waals surface area contributed by atoms with Gasteiger partial charge >= 0.3 is 0 Å². The minimum absolute atomic E-state index is 0.00123. The molecule has 2 fully saturated rings. The highest BCUT2D eigenvalue weighted by atomic mass is 19.1. The molecule has 1 saturated heterocycles. The summed E-state index contributed by atoms with van der Waals surface area (Å²) in [6.07, 6.45) is 7.40. The second kappa shape index (κ2) is 11.5. The van der Waals surface area contributed by atoms with Crippen LogP contribution in [-0.4, -0.2) is 67.1 Å². The number of carbonyl (C=O) groups is 3. The molecule has 1 N–H and O–H groups in total. The molecule has 2 aromatic rings. The van der Waals surface area contributed by atoms with Crippen LogP contribution in [0.15, 0.2) is 30.5 Å². The summed E-state index contributed by atoms with van der Waals surface area (Å²) in [7, 11) is 1.53. The second-order valence-corrected chi connectivity index (χ2v) is 10.2. The van der Waals surface area contributed by atoms with Crippen molar-refractivity contribution in [3.63, 3.8) is 0 Å². The number of methoxy groups -OCH3 is 1. The fourth-order valence-electron chi connectivity index (χ4n) is 5.00. The van der Waals surface area contributed by atoms with Gasteiger partial charge in [-0.05, 0) is 43.0 Å². The standard InChI is InChI=1S/C28H33FN4O5/c1-37-12-10-30-26(34)17-32-16-23-22(27(32)35)13-20(14-24(23)29)33-11-9-25(28(33)36)38-21-8-7-19(31-15-21)4-2-3-18-5-6-18/h7-8,13-15,18,25H,2-6,9-12,16-17H2,1H3,(H,30,34)/t25-/m1/s1. The zero-order valence-electron chi connectivity index (χ0n) is 21.6. The summed E-state index contributed by atoms with van der Waals surface area (Å²) >= 11 is 0. The minimum Gasteiger partial charge on any atom is -0.479 e. The first-order chi connectivity index (χ1) is 18.4. The first kappa shape index (κ1) is 26.1. The maximum absolute atomic E-state index is 15.0. The maximum Gasteiger partial charge on any atom is 0.268 e. The molecule has 3 aliphatic rings. The van der Waals surface area contributed by atoms with E-state index < -0.39 is 17.8 Å². The number of benzene rings is 1. The Balaban J connectivity index is 1.19. The molecule has 0 bridgehead atoms. The fourth-order valence-corrected chi connectivity index (χ4v) is 5.00. The van der Waals surface area contributed by atoms with Crippen LogP contribution >= 0.6 is 0 Å². The van der Waals surface area contributed by atoms with Crippen molar-refractivity contribution in [2.24, 2.45) is 5.92 Å². The predicted octanol–water partition coefficient (Wildman–Crippen LogP) is 2.86. The van der Waals surface area contributed by atoms with E-state index in [1.807, 2.05) is 12.1 Å². The number of halogens is 1. The van der Waals surface area contributed by atoms with Crippen molar-refractivity contribution in [2.45, 2.75) is 51.2 Å². The Kier molecular flexibility index (Phi) is 7.87. The fraction of sp³-hybridized carbons (Fsp3) is 0.500. The average molecular weight is 525 g/mol. The number of pyridine rings is 1. The smallest absolute Gasteiger partial charge is 0.268 e. The normalized spacial score (nSPS) is 18.7. The van der Waals surface area contributed by atoms with E-state index in [9.17, 15) is 14.4 Å². The Hall–Kier alpha value is -3.53. The molecule has 3 amide bonds. The van der Waals surface area contributed by atoms with Crippen molar-refractivity contribution in [2.75, 3.05) is 38.3 Å². The van der Waals surface area contributed by atoms with E-state index in [2.05, 4.69) is 10.3 Å². The van der Waals surface area contributed by atoms with Crippen LogP contribution in [0.1, 0.15) is 53.7 Å². The van der Waals surface area contributed by atoms with Crippen molar-refractivity contribution in [3.05, 3.63) is 53.1 Å². The average Bonchev–Trinajstić information content (AvgIpc) is 3.59. The molecule has 1 atom stereocenters. The van der Waals surface area contributed by atoms with E-state index in [1.165, 1.54) is 48.3 Å². The van der Waals surface area contributed by atoms with Gasteiger partial charge in [-0.2, -0.15) is 0 Å². The highest BCUT2D eigenvalue weighted by Gasteiger charge is 2.37. The number of carbonyl (C=O) groups excluding carboxylic acids is 3. The van der Waals surface area contributed by atoms with Crippen LogP contribution in [0.3, 0.4) is 0 Å². The Labute approximate surface area is 221 Å². The number of rotatable bonds is 12. The molecule has 0 spiro atoms. The van der Waals surface area contributed by atoms with Gasteiger partial charge in [0.2, 0.25) is 5.91 Å². The summed E-state index contributed by atoms with van der Waals surface area (Å²) in [4.78, 5) is 45.4. The number of anilines is 1. The number of nitrogens with one attached hydrogen (secondary N) is 1. The van der Waals surface area contributed by atoms with Crippen LogP contribution < -0.4 is 15.0 Å². The summed E-state index contributed by atoms with van der Waals surface area (Å²) < 4.78 is 25.8. The molecular formula is C28H33FN4O5. The van der Waals surface area contributed by atoms with Crippen LogP contribution in [0.2, 0.25) is 0 Å². The van der Waals surface area contributed by atoms with Crippen LogP contribution in [0.25, 0.3) is 0 Å². The minimum atomic E-state index is -0.711. The Morgan fingerprint density at radius 3 is 2.79 bits per heavy atom. The quantitative estimate of drug-likeness (QED) is 0.429. The van der Waals surface area contributed by atoms with Crippen molar-refractivity contribution >= 4 is 23.4 Å². The number of ether oxygens (including phenoxy) is 2. The topological polar surface area (TPSA) is 101 Å². The molecule has 202 valence electrons. The van der Waals surface area contributed by atoms with Crippen LogP contribution in [0, 0.1) is 11.7 Å². The lowest BCUT2D eigenvalue weighted by atomic mass is 10.1. The lowest BCUT2D eigenvalue weighted by molar-refractivity contribution is -0.123. The molecule has 1 aromatic heterocycles.